The molecule has 0 bridgehead atoms. The fourth-order valence-corrected chi connectivity index (χ4v) is 1.91. The second-order valence-corrected chi connectivity index (χ2v) is 4.30. The molecule has 0 saturated carbocycles. The second-order valence-electron chi connectivity index (χ2n) is 4.30. The highest BCUT2D eigenvalue weighted by atomic mass is 16.5. The lowest BCUT2D eigenvalue weighted by atomic mass is 10.0. The highest BCUT2D eigenvalue weighted by Crippen LogP contribution is 2.29. The van der Waals surface area contributed by atoms with Crippen LogP contribution in [0.25, 0.3) is 0 Å². The number of anilines is 1. The van der Waals surface area contributed by atoms with Crippen LogP contribution in [0.3, 0.4) is 0 Å². The van der Waals surface area contributed by atoms with Crippen molar-refractivity contribution in [1.29, 1.82) is 0 Å². The van der Waals surface area contributed by atoms with E-state index in [9.17, 15) is 0 Å². The van der Waals surface area contributed by atoms with Crippen LogP contribution < -0.4 is 4.90 Å². The first-order valence-electron chi connectivity index (χ1n) is 5.56. The number of rotatable bonds is 2. The van der Waals surface area contributed by atoms with Gasteiger partial charge >= 0.3 is 0 Å². The summed E-state index contributed by atoms with van der Waals surface area (Å²) in [6.45, 7) is 5.54. The topological polar surface area (TPSA) is 67.9 Å². The van der Waals surface area contributed by atoms with E-state index in [4.69, 9.17) is 4.52 Å². The summed E-state index contributed by atoms with van der Waals surface area (Å²) >= 11 is 0. The smallest absolute Gasteiger partial charge is 0.233 e. The van der Waals surface area contributed by atoms with Gasteiger partial charge in [-0.05, 0) is 13.8 Å². The van der Waals surface area contributed by atoms with Crippen molar-refractivity contribution in [2.24, 2.45) is 0 Å². The zero-order valence-electron chi connectivity index (χ0n) is 9.79. The summed E-state index contributed by atoms with van der Waals surface area (Å²) in [6.07, 6.45) is 1.59. The first-order valence-corrected chi connectivity index (χ1v) is 5.56. The Morgan fingerprint density at radius 2 is 2.12 bits per heavy atom. The van der Waals surface area contributed by atoms with Crippen molar-refractivity contribution >= 4 is 5.82 Å². The third-order valence-electron chi connectivity index (χ3n) is 2.89. The minimum absolute atomic E-state index is 0.325. The molecule has 0 spiro atoms. The number of aromatic nitrogens is 4. The molecule has 1 aliphatic rings. The van der Waals surface area contributed by atoms with Crippen molar-refractivity contribution < 1.29 is 4.52 Å². The minimum Gasteiger partial charge on any atom is -0.355 e. The van der Waals surface area contributed by atoms with Gasteiger partial charge in [0.1, 0.15) is 12.1 Å². The van der Waals surface area contributed by atoms with Crippen LogP contribution in [-0.2, 0) is 0 Å². The Labute approximate surface area is 98.7 Å². The van der Waals surface area contributed by atoms with Crippen LogP contribution in [0.2, 0.25) is 0 Å². The standard InChI is InChI=1S/C11H13N5O/c1-7-3-10(13-6-12-7)16-4-9(5-16)11-14-8(2)15-17-11/h3,6,9H,4-5H2,1-2H3. The molecule has 0 unspecified atom stereocenters. The Bertz CT molecular complexity index is 532. The summed E-state index contributed by atoms with van der Waals surface area (Å²) in [5.74, 6) is 2.71. The van der Waals surface area contributed by atoms with Gasteiger partial charge in [-0.15, -0.1) is 0 Å². The normalized spacial score (nSPS) is 16.0. The van der Waals surface area contributed by atoms with E-state index in [1.807, 2.05) is 19.9 Å². The van der Waals surface area contributed by atoms with E-state index in [0.717, 1.165) is 30.5 Å². The molecule has 3 rings (SSSR count). The van der Waals surface area contributed by atoms with E-state index >= 15 is 0 Å². The summed E-state index contributed by atoms with van der Waals surface area (Å²) in [6, 6.07) is 1.98. The maximum atomic E-state index is 5.16. The molecule has 0 aliphatic carbocycles. The zero-order valence-corrected chi connectivity index (χ0v) is 9.79. The lowest BCUT2D eigenvalue weighted by Gasteiger charge is -2.37. The third-order valence-corrected chi connectivity index (χ3v) is 2.89. The maximum absolute atomic E-state index is 5.16. The number of hydrogen-bond donors (Lipinski definition) is 0. The fraction of sp³-hybridized carbons (Fsp3) is 0.455. The molecule has 2 aromatic heterocycles. The van der Waals surface area contributed by atoms with Gasteiger partial charge in [-0.3, -0.25) is 0 Å². The highest BCUT2D eigenvalue weighted by molar-refractivity contribution is 5.43. The molecule has 88 valence electrons. The van der Waals surface area contributed by atoms with Gasteiger partial charge in [-0.25, -0.2) is 9.97 Å². The van der Waals surface area contributed by atoms with Crippen molar-refractivity contribution in [3.8, 4) is 0 Å². The van der Waals surface area contributed by atoms with Crippen LogP contribution in [0.5, 0.6) is 0 Å². The van der Waals surface area contributed by atoms with Crippen LogP contribution in [-0.4, -0.2) is 33.2 Å². The Morgan fingerprint density at radius 1 is 1.29 bits per heavy atom. The van der Waals surface area contributed by atoms with Crippen LogP contribution in [0, 0.1) is 13.8 Å². The number of aryl methyl sites for hydroxylation is 2. The minimum atomic E-state index is 0.325. The van der Waals surface area contributed by atoms with E-state index in [0.29, 0.717) is 11.7 Å². The summed E-state index contributed by atoms with van der Waals surface area (Å²) in [4.78, 5) is 14.7. The van der Waals surface area contributed by atoms with E-state index in [1.165, 1.54) is 0 Å². The molecular weight excluding hydrogens is 218 g/mol. The first-order chi connectivity index (χ1) is 8.22. The van der Waals surface area contributed by atoms with Crippen molar-refractivity contribution in [2.45, 2.75) is 19.8 Å². The van der Waals surface area contributed by atoms with Crippen molar-refractivity contribution in [2.75, 3.05) is 18.0 Å². The van der Waals surface area contributed by atoms with Crippen molar-refractivity contribution in [1.82, 2.24) is 20.1 Å². The zero-order chi connectivity index (χ0) is 11.8. The average Bonchev–Trinajstić information content (AvgIpc) is 2.63. The van der Waals surface area contributed by atoms with Crippen molar-refractivity contribution in [3.05, 3.63) is 29.8 Å². The Morgan fingerprint density at radius 3 is 2.76 bits per heavy atom. The van der Waals surface area contributed by atoms with E-state index in [-0.39, 0.29) is 0 Å². The predicted molar refractivity (Wildman–Crippen MR) is 60.8 cm³/mol. The Kier molecular flexibility index (Phi) is 2.28. The van der Waals surface area contributed by atoms with Gasteiger partial charge in [-0.1, -0.05) is 5.16 Å². The van der Waals surface area contributed by atoms with Crippen LogP contribution in [0.4, 0.5) is 5.82 Å². The molecule has 3 heterocycles. The Balaban J connectivity index is 1.69. The van der Waals surface area contributed by atoms with E-state index < -0.39 is 0 Å². The molecule has 1 aliphatic heterocycles. The SMILES string of the molecule is Cc1cc(N2CC(c3nc(C)no3)C2)ncn1. The molecule has 17 heavy (non-hydrogen) atoms. The molecule has 6 nitrogen and oxygen atoms in total. The average molecular weight is 231 g/mol. The number of hydrogen-bond acceptors (Lipinski definition) is 6. The lowest BCUT2D eigenvalue weighted by molar-refractivity contribution is 0.326. The van der Waals surface area contributed by atoms with Gasteiger partial charge in [-0.2, -0.15) is 4.98 Å². The van der Waals surface area contributed by atoms with Gasteiger partial charge in [0.25, 0.3) is 0 Å². The van der Waals surface area contributed by atoms with Crippen LogP contribution in [0.15, 0.2) is 16.9 Å². The Hall–Kier alpha value is -1.98. The highest BCUT2D eigenvalue weighted by Gasteiger charge is 2.33. The van der Waals surface area contributed by atoms with Crippen molar-refractivity contribution in [3.63, 3.8) is 0 Å². The molecule has 0 atom stereocenters. The molecule has 6 heteroatoms. The molecule has 0 aromatic carbocycles. The molecule has 1 saturated heterocycles. The summed E-state index contributed by atoms with van der Waals surface area (Å²) in [5, 5.41) is 3.80. The van der Waals surface area contributed by atoms with Gasteiger partial charge < -0.3 is 9.42 Å². The predicted octanol–water partition coefficient (Wildman–Crippen LogP) is 1.08. The quantitative estimate of drug-likeness (QED) is 0.770. The van der Waals surface area contributed by atoms with Gasteiger partial charge in [0.15, 0.2) is 5.82 Å². The van der Waals surface area contributed by atoms with Crippen LogP contribution in [0.1, 0.15) is 23.3 Å². The second kappa shape index (κ2) is 3.80. The maximum Gasteiger partial charge on any atom is 0.233 e. The largest absolute Gasteiger partial charge is 0.355 e. The van der Waals surface area contributed by atoms with Gasteiger partial charge in [0.2, 0.25) is 5.89 Å². The molecule has 0 radical (unpaired) electrons. The summed E-state index contributed by atoms with van der Waals surface area (Å²) in [7, 11) is 0. The van der Waals surface area contributed by atoms with Gasteiger partial charge in [0.05, 0.1) is 5.92 Å². The monoisotopic (exact) mass is 231 g/mol. The third kappa shape index (κ3) is 1.86. The summed E-state index contributed by atoms with van der Waals surface area (Å²) in [5.41, 5.74) is 0.979. The summed E-state index contributed by atoms with van der Waals surface area (Å²) < 4.78 is 5.16. The molecular formula is C11H13N5O. The first kappa shape index (κ1) is 10.2. The van der Waals surface area contributed by atoms with E-state index in [2.05, 4.69) is 25.0 Å². The van der Waals surface area contributed by atoms with Crippen LogP contribution >= 0.6 is 0 Å². The molecule has 0 N–H and O–H groups in total. The number of nitrogens with zero attached hydrogens (tertiary/aromatic N) is 5. The molecule has 2 aromatic rings. The molecule has 1 fully saturated rings. The fourth-order valence-electron chi connectivity index (χ4n) is 1.91. The lowest BCUT2D eigenvalue weighted by Crippen LogP contribution is -2.45. The van der Waals surface area contributed by atoms with Gasteiger partial charge in [0, 0.05) is 24.8 Å². The molecule has 0 amide bonds. The van der Waals surface area contributed by atoms with E-state index in [1.54, 1.807) is 6.33 Å².